The molecule has 0 amide bonds. The summed E-state index contributed by atoms with van der Waals surface area (Å²) in [6.45, 7) is 5.99. The number of halogens is 1. The number of rotatable bonds is 6. The maximum absolute atomic E-state index is 11.8. The summed E-state index contributed by atoms with van der Waals surface area (Å²) in [4.78, 5) is 0. The van der Waals surface area contributed by atoms with E-state index >= 15 is 0 Å². The summed E-state index contributed by atoms with van der Waals surface area (Å²) in [5, 5.41) is 15.1. The first-order valence-corrected chi connectivity index (χ1v) is 8.94. The molecule has 0 aromatic heterocycles. The fraction of sp³-hybridized carbons (Fsp3) is 0.429. The van der Waals surface area contributed by atoms with Crippen molar-refractivity contribution in [2.75, 3.05) is 19.7 Å². The van der Waals surface area contributed by atoms with Crippen LogP contribution in [-0.2, 0) is 16.8 Å². The third kappa shape index (κ3) is 4.77. The zero-order valence-corrected chi connectivity index (χ0v) is 16.2. The number of hydrogen-bond acceptors (Lipinski definition) is 4. The number of benzene rings is 2. The van der Waals surface area contributed by atoms with Gasteiger partial charge in [0.05, 0.1) is 12.7 Å². The molecular weight excluding hydrogens is 350 g/mol. The Morgan fingerprint density at radius 3 is 2.50 bits per heavy atom. The van der Waals surface area contributed by atoms with Crippen molar-refractivity contribution >= 4 is 12.4 Å². The quantitative estimate of drug-likeness (QED) is 0.810. The van der Waals surface area contributed by atoms with Crippen LogP contribution in [0.5, 0.6) is 5.75 Å². The molecule has 0 saturated carbocycles. The van der Waals surface area contributed by atoms with E-state index in [9.17, 15) is 5.11 Å². The SMILES string of the molecule is CC(C)Oc1ccccc1C(O)(Cc1ccccc1)C1CNCCO1.Cl. The molecule has 2 atom stereocenters. The molecular formula is C21H28ClNO3. The monoisotopic (exact) mass is 377 g/mol. The Morgan fingerprint density at radius 2 is 1.85 bits per heavy atom. The molecule has 3 rings (SSSR count). The van der Waals surface area contributed by atoms with Crippen molar-refractivity contribution in [3.8, 4) is 5.75 Å². The van der Waals surface area contributed by atoms with E-state index in [2.05, 4.69) is 5.32 Å². The maximum atomic E-state index is 11.8. The van der Waals surface area contributed by atoms with Crippen LogP contribution in [0.1, 0.15) is 25.0 Å². The second-order valence-corrected chi connectivity index (χ2v) is 6.81. The first kappa shape index (κ1) is 20.7. The van der Waals surface area contributed by atoms with E-state index < -0.39 is 5.60 Å². The van der Waals surface area contributed by atoms with Gasteiger partial charge in [-0.25, -0.2) is 0 Å². The van der Waals surface area contributed by atoms with Gasteiger partial charge in [-0.3, -0.25) is 0 Å². The first-order valence-electron chi connectivity index (χ1n) is 8.94. The minimum absolute atomic E-state index is 0. The van der Waals surface area contributed by atoms with Crippen LogP contribution in [0.3, 0.4) is 0 Å². The zero-order chi connectivity index (χ0) is 17.7. The molecule has 0 spiro atoms. The van der Waals surface area contributed by atoms with E-state index in [1.165, 1.54) is 0 Å². The van der Waals surface area contributed by atoms with Crippen LogP contribution >= 0.6 is 12.4 Å². The molecule has 0 bridgehead atoms. The van der Waals surface area contributed by atoms with E-state index in [1.54, 1.807) is 0 Å². The van der Waals surface area contributed by atoms with Crippen LogP contribution in [0.2, 0.25) is 0 Å². The third-order valence-corrected chi connectivity index (χ3v) is 4.49. The van der Waals surface area contributed by atoms with Gasteiger partial charge in [-0.15, -0.1) is 12.4 Å². The van der Waals surface area contributed by atoms with Crippen molar-refractivity contribution in [3.63, 3.8) is 0 Å². The van der Waals surface area contributed by atoms with Gasteiger partial charge >= 0.3 is 0 Å². The summed E-state index contributed by atoms with van der Waals surface area (Å²) < 4.78 is 11.9. The number of ether oxygens (including phenoxy) is 2. The molecule has 5 heteroatoms. The minimum Gasteiger partial charge on any atom is -0.491 e. The van der Waals surface area contributed by atoms with Gasteiger partial charge in [0.15, 0.2) is 0 Å². The average molecular weight is 378 g/mol. The van der Waals surface area contributed by atoms with E-state index in [0.717, 1.165) is 17.7 Å². The van der Waals surface area contributed by atoms with E-state index in [0.29, 0.717) is 25.3 Å². The summed E-state index contributed by atoms with van der Waals surface area (Å²) in [6.07, 6.45) is 0.171. The molecule has 0 aliphatic carbocycles. The summed E-state index contributed by atoms with van der Waals surface area (Å²) in [5.74, 6) is 0.713. The second-order valence-electron chi connectivity index (χ2n) is 6.81. The number of morpholine rings is 1. The molecule has 1 aliphatic heterocycles. The Labute approximate surface area is 161 Å². The van der Waals surface area contributed by atoms with Crippen LogP contribution in [0.15, 0.2) is 54.6 Å². The van der Waals surface area contributed by atoms with Crippen molar-refractivity contribution in [2.24, 2.45) is 0 Å². The van der Waals surface area contributed by atoms with Crippen molar-refractivity contribution < 1.29 is 14.6 Å². The normalized spacial score (nSPS) is 19.5. The van der Waals surface area contributed by atoms with Crippen molar-refractivity contribution in [1.82, 2.24) is 5.32 Å². The Bertz CT molecular complexity index is 674. The van der Waals surface area contributed by atoms with Crippen LogP contribution in [0, 0.1) is 0 Å². The number of aliphatic hydroxyl groups is 1. The number of para-hydroxylation sites is 1. The molecule has 1 aliphatic rings. The summed E-state index contributed by atoms with van der Waals surface area (Å²) >= 11 is 0. The van der Waals surface area contributed by atoms with Gasteiger partial charge in [0.25, 0.3) is 0 Å². The lowest BCUT2D eigenvalue weighted by molar-refractivity contribution is -0.125. The minimum atomic E-state index is -1.17. The van der Waals surface area contributed by atoms with E-state index in [4.69, 9.17) is 9.47 Å². The molecule has 2 N–H and O–H groups in total. The smallest absolute Gasteiger partial charge is 0.125 e. The topological polar surface area (TPSA) is 50.7 Å². The van der Waals surface area contributed by atoms with Crippen molar-refractivity contribution in [3.05, 3.63) is 65.7 Å². The number of nitrogens with one attached hydrogen (secondary N) is 1. The molecule has 2 aromatic carbocycles. The Balaban J connectivity index is 0.00000243. The Kier molecular flexibility index (Phi) is 7.47. The van der Waals surface area contributed by atoms with Gasteiger partial charge in [0.1, 0.15) is 17.5 Å². The molecule has 0 radical (unpaired) electrons. The molecule has 26 heavy (non-hydrogen) atoms. The van der Waals surface area contributed by atoms with Gasteiger partial charge in [-0.05, 0) is 25.5 Å². The molecule has 4 nitrogen and oxygen atoms in total. The van der Waals surface area contributed by atoms with E-state index in [-0.39, 0.29) is 24.6 Å². The standard InChI is InChI=1S/C21H27NO3.ClH/c1-16(2)25-19-11-7-6-10-18(19)21(23,20-15-22-12-13-24-20)14-17-8-4-3-5-9-17;/h3-11,16,20,22-23H,12-15H2,1-2H3;1H. The van der Waals surface area contributed by atoms with Crippen LogP contribution in [0.4, 0.5) is 0 Å². The lowest BCUT2D eigenvalue weighted by Crippen LogP contribution is -2.52. The first-order chi connectivity index (χ1) is 12.1. The summed E-state index contributed by atoms with van der Waals surface area (Å²) in [7, 11) is 0. The highest BCUT2D eigenvalue weighted by Crippen LogP contribution is 2.37. The number of hydrogen-bond donors (Lipinski definition) is 2. The second kappa shape index (κ2) is 9.38. The van der Waals surface area contributed by atoms with Gasteiger partial charge in [-0.2, -0.15) is 0 Å². The van der Waals surface area contributed by atoms with Crippen LogP contribution in [-0.4, -0.2) is 37.0 Å². The average Bonchev–Trinajstić information content (AvgIpc) is 2.63. The molecule has 1 heterocycles. The lowest BCUT2D eigenvalue weighted by Gasteiger charge is -2.40. The molecule has 1 saturated heterocycles. The zero-order valence-electron chi connectivity index (χ0n) is 15.4. The summed E-state index contributed by atoms with van der Waals surface area (Å²) in [6, 6.07) is 17.8. The van der Waals surface area contributed by atoms with Crippen molar-refractivity contribution in [2.45, 2.75) is 38.1 Å². The van der Waals surface area contributed by atoms with Gasteiger partial charge in [-0.1, -0.05) is 48.5 Å². The molecule has 2 unspecified atom stereocenters. The third-order valence-electron chi connectivity index (χ3n) is 4.49. The van der Waals surface area contributed by atoms with Crippen LogP contribution < -0.4 is 10.1 Å². The van der Waals surface area contributed by atoms with Crippen molar-refractivity contribution in [1.29, 1.82) is 0 Å². The summed E-state index contributed by atoms with van der Waals surface area (Å²) in [5.41, 5.74) is 0.681. The Morgan fingerprint density at radius 1 is 1.15 bits per heavy atom. The highest BCUT2D eigenvalue weighted by atomic mass is 35.5. The fourth-order valence-electron chi connectivity index (χ4n) is 3.34. The Hall–Kier alpha value is -1.59. The molecule has 142 valence electrons. The van der Waals surface area contributed by atoms with Gasteiger partial charge in [0, 0.05) is 25.1 Å². The molecule has 1 fully saturated rings. The highest BCUT2D eigenvalue weighted by molar-refractivity contribution is 5.85. The maximum Gasteiger partial charge on any atom is 0.125 e. The predicted molar refractivity (Wildman–Crippen MR) is 106 cm³/mol. The fourth-order valence-corrected chi connectivity index (χ4v) is 3.34. The van der Waals surface area contributed by atoms with Crippen LogP contribution in [0.25, 0.3) is 0 Å². The largest absolute Gasteiger partial charge is 0.491 e. The van der Waals surface area contributed by atoms with Gasteiger partial charge in [0.2, 0.25) is 0 Å². The lowest BCUT2D eigenvalue weighted by atomic mass is 9.81. The highest BCUT2D eigenvalue weighted by Gasteiger charge is 2.42. The predicted octanol–water partition coefficient (Wildman–Crippen LogP) is 3.31. The molecule has 2 aromatic rings. The van der Waals surface area contributed by atoms with E-state index in [1.807, 2.05) is 68.4 Å². The van der Waals surface area contributed by atoms with Gasteiger partial charge < -0.3 is 19.9 Å².